The van der Waals surface area contributed by atoms with Crippen molar-refractivity contribution in [2.45, 2.75) is 20.3 Å². The van der Waals surface area contributed by atoms with Gasteiger partial charge in [-0.15, -0.1) is 0 Å². The summed E-state index contributed by atoms with van der Waals surface area (Å²) in [5.74, 6) is 1.53. The van der Waals surface area contributed by atoms with Crippen molar-refractivity contribution in [2.24, 2.45) is 5.92 Å². The van der Waals surface area contributed by atoms with Crippen molar-refractivity contribution in [1.82, 2.24) is 10.3 Å². The summed E-state index contributed by atoms with van der Waals surface area (Å²) in [4.78, 5) is 26.1. The lowest BCUT2D eigenvalue weighted by molar-refractivity contribution is 0.0689. The summed E-state index contributed by atoms with van der Waals surface area (Å²) in [5.41, 5.74) is 0.316. The van der Waals surface area contributed by atoms with Crippen LogP contribution in [0.3, 0.4) is 0 Å². The van der Waals surface area contributed by atoms with E-state index in [0.717, 1.165) is 17.9 Å². The van der Waals surface area contributed by atoms with Gasteiger partial charge in [-0.3, -0.25) is 4.79 Å². The molecule has 1 heterocycles. The number of carbonyl (C=O) groups is 2. The van der Waals surface area contributed by atoms with Gasteiger partial charge in [0.2, 0.25) is 0 Å². The zero-order valence-corrected chi connectivity index (χ0v) is 12.6. The first kappa shape index (κ1) is 16.5. The minimum Gasteiger partial charge on any atom is -0.477 e. The number of aromatic carboxylic acids is 1. The van der Waals surface area contributed by atoms with Gasteiger partial charge < -0.3 is 10.4 Å². The number of rotatable bonds is 8. The van der Waals surface area contributed by atoms with Crippen LogP contribution in [-0.2, 0) is 0 Å². The van der Waals surface area contributed by atoms with E-state index in [1.165, 1.54) is 18.3 Å². The highest BCUT2D eigenvalue weighted by molar-refractivity contribution is 7.99. The molecule has 110 valence electrons. The molecule has 1 amide bonds. The second-order valence-electron chi connectivity index (χ2n) is 4.82. The van der Waals surface area contributed by atoms with Crippen LogP contribution in [-0.4, -0.2) is 40.0 Å². The van der Waals surface area contributed by atoms with Crippen LogP contribution in [0, 0.1) is 5.92 Å². The van der Waals surface area contributed by atoms with Crippen molar-refractivity contribution in [3.05, 3.63) is 29.6 Å². The highest BCUT2D eigenvalue weighted by Gasteiger charge is 2.08. The summed E-state index contributed by atoms with van der Waals surface area (Å²) in [6, 6.07) is 2.80. The van der Waals surface area contributed by atoms with E-state index in [2.05, 4.69) is 24.1 Å². The lowest BCUT2D eigenvalue weighted by Crippen LogP contribution is -2.25. The molecule has 0 saturated carbocycles. The van der Waals surface area contributed by atoms with Gasteiger partial charge >= 0.3 is 5.97 Å². The summed E-state index contributed by atoms with van der Waals surface area (Å²) < 4.78 is 0. The third-order valence-corrected chi connectivity index (χ3v) is 3.93. The number of carboxylic acids is 1. The molecule has 1 rings (SSSR count). The van der Waals surface area contributed by atoms with Gasteiger partial charge in [-0.25, -0.2) is 9.78 Å². The summed E-state index contributed by atoms with van der Waals surface area (Å²) in [6.45, 7) is 4.98. The highest BCUT2D eigenvalue weighted by Crippen LogP contribution is 2.08. The van der Waals surface area contributed by atoms with Gasteiger partial charge in [0.05, 0.1) is 5.56 Å². The van der Waals surface area contributed by atoms with Crippen LogP contribution in [0.15, 0.2) is 18.3 Å². The monoisotopic (exact) mass is 296 g/mol. The zero-order valence-electron chi connectivity index (χ0n) is 11.8. The number of carboxylic acid groups (broad SMARTS) is 1. The molecular weight excluding hydrogens is 276 g/mol. The number of hydrogen-bond acceptors (Lipinski definition) is 4. The first-order valence-corrected chi connectivity index (χ1v) is 7.71. The molecule has 0 fully saturated rings. The fraction of sp³-hybridized carbons (Fsp3) is 0.500. The van der Waals surface area contributed by atoms with Crippen LogP contribution in [0.25, 0.3) is 0 Å². The standard InChI is InChI=1S/C14H20N2O3S/c1-10(2)9-20-7-3-6-15-13(17)11-4-5-12(14(18)19)16-8-11/h4-5,8,10H,3,6-7,9H2,1-2H3,(H,15,17)(H,18,19). The quantitative estimate of drug-likeness (QED) is 0.720. The minimum atomic E-state index is -1.10. The Morgan fingerprint density at radius 1 is 1.40 bits per heavy atom. The minimum absolute atomic E-state index is 0.0633. The summed E-state index contributed by atoms with van der Waals surface area (Å²) in [6.07, 6.45) is 2.20. The van der Waals surface area contributed by atoms with Gasteiger partial charge in [0.15, 0.2) is 0 Å². The number of nitrogens with zero attached hydrogens (tertiary/aromatic N) is 1. The predicted octanol–water partition coefficient (Wildman–Crippen LogP) is 2.29. The molecule has 0 aliphatic carbocycles. The Hall–Kier alpha value is -1.56. The molecule has 0 aromatic carbocycles. The van der Waals surface area contributed by atoms with Crippen molar-refractivity contribution in [1.29, 1.82) is 0 Å². The van der Waals surface area contributed by atoms with Crippen LogP contribution in [0.1, 0.15) is 41.1 Å². The maximum absolute atomic E-state index is 11.8. The summed E-state index contributed by atoms with van der Waals surface area (Å²) >= 11 is 1.89. The van der Waals surface area contributed by atoms with Crippen LogP contribution in [0.5, 0.6) is 0 Å². The van der Waals surface area contributed by atoms with E-state index < -0.39 is 5.97 Å². The number of amides is 1. The molecule has 2 N–H and O–H groups in total. The Labute approximate surface area is 123 Å². The lowest BCUT2D eigenvalue weighted by atomic mass is 10.2. The Morgan fingerprint density at radius 2 is 2.15 bits per heavy atom. The molecule has 20 heavy (non-hydrogen) atoms. The Bertz CT molecular complexity index is 446. The second kappa shape index (κ2) is 8.58. The van der Waals surface area contributed by atoms with Gasteiger partial charge in [0.1, 0.15) is 5.69 Å². The maximum Gasteiger partial charge on any atom is 0.354 e. The topological polar surface area (TPSA) is 79.3 Å². The van der Waals surface area contributed by atoms with Crippen molar-refractivity contribution in [2.75, 3.05) is 18.1 Å². The van der Waals surface area contributed by atoms with E-state index in [1.807, 2.05) is 11.8 Å². The molecule has 0 aliphatic heterocycles. The molecule has 0 saturated heterocycles. The van der Waals surface area contributed by atoms with E-state index in [1.54, 1.807) is 0 Å². The molecule has 0 spiro atoms. The third-order valence-electron chi connectivity index (χ3n) is 2.45. The second-order valence-corrected chi connectivity index (χ2v) is 5.97. The van der Waals surface area contributed by atoms with Gasteiger partial charge in [-0.1, -0.05) is 13.8 Å². The maximum atomic E-state index is 11.8. The number of carbonyl (C=O) groups excluding carboxylic acids is 1. The van der Waals surface area contributed by atoms with Crippen LogP contribution in [0.2, 0.25) is 0 Å². The number of hydrogen-bond donors (Lipinski definition) is 2. The van der Waals surface area contributed by atoms with E-state index >= 15 is 0 Å². The van der Waals surface area contributed by atoms with Gasteiger partial charge in [-0.2, -0.15) is 11.8 Å². The third kappa shape index (κ3) is 6.06. The van der Waals surface area contributed by atoms with Gasteiger partial charge in [-0.05, 0) is 36.0 Å². The first-order valence-electron chi connectivity index (χ1n) is 6.56. The molecule has 0 radical (unpaired) electrons. The fourth-order valence-corrected chi connectivity index (χ4v) is 2.44. The molecule has 6 heteroatoms. The number of thioether (sulfide) groups is 1. The summed E-state index contributed by atoms with van der Waals surface area (Å²) in [5, 5.41) is 11.5. The lowest BCUT2D eigenvalue weighted by Gasteiger charge is -2.06. The predicted molar refractivity (Wildman–Crippen MR) is 80.3 cm³/mol. The zero-order chi connectivity index (χ0) is 15.0. The van der Waals surface area contributed by atoms with Crippen LogP contribution < -0.4 is 5.32 Å². The average Bonchev–Trinajstić information content (AvgIpc) is 2.42. The molecule has 0 bridgehead atoms. The molecule has 5 nitrogen and oxygen atoms in total. The SMILES string of the molecule is CC(C)CSCCCNC(=O)c1ccc(C(=O)O)nc1. The Kier molecular flexibility index (Phi) is 7.08. The molecule has 1 aromatic heterocycles. The molecule has 1 aromatic rings. The number of nitrogens with one attached hydrogen (secondary N) is 1. The summed E-state index contributed by atoms with van der Waals surface area (Å²) in [7, 11) is 0. The molecule has 0 unspecified atom stereocenters. The molecule has 0 atom stereocenters. The Balaban J connectivity index is 2.27. The van der Waals surface area contributed by atoms with Gasteiger partial charge in [0.25, 0.3) is 5.91 Å². The fourth-order valence-electron chi connectivity index (χ4n) is 1.45. The first-order chi connectivity index (χ1) is 9.50. The normalized spacial score (nSPS) is 10.6. The van der Waals surface area contributed by atoms with Crippen molar-refractivity contribution in [3.63, 3.8) is 0 Å². The molecule has 0 aliphatic rings. The van der Waals surface area contributed by atoms with Crippen LogP contribution >= 0.6 is 11.8 Å². The number of aromatic nitrogens is 1. The van der Waals surface area contributed by atoms with E-state index in [4.69, 9.17) is 5.11 Å². The smallest absolute Gasteiger partial charge is 0.354 e. The van der Waals surface area contributed by atoms with Crippen molar-refractivity contribution in [3.8, 4) is 0 Å². The van der Waals surface area contributed by atoms with E-state index in [9.17, 15) is 9.59 Å². The highest BCUT2D eigenvalue weighted by atomic mass is 32.2. The average molecular weight is 296 g/mol. The van der Waals surface area contributed by atoms with E-state index in [0.29, 0.717) is 18.0 Å². The van der Waals surface area contributed by atoms with Crippen molar-refractivity contribution < 1.29 is 14.7 Å². The number of pyridine rings is 1. The largest absolute Gasteiger partial charge is 0.477 e. The van der Waals surface area contributed by atoms with Crippen molar-refractivity contribution >= 4 is 23.6 Å². The Morgan fingerprint density at radius 3 is 2.70 bits per heavy atom. The van der Waals surface area contributed by atoms with E-state index in [-0.39, 0.29) is 11.6 Å². The van der Waals surface area contributed by atoms with Crippen LogP contribution in [0.4, 0.5) is 0 Å². The van der Waals surface area contributed by atoms with Gasteiger partial charge in [0, 0.05) is 12.7 Å². The molecular formula is C14H20N2O3S.